The lowest BCUT2D eigenvalue weighted by Gasteiger charge is -2.24. The van der Waals surface area contributed by atoms with E-state index >= 15 is 0 Å². The number of carbonyl (C=O) groups is 2. The van der Waals surface area contributed by atoms with Crippen molar-refractivity contribution in [1.82, 2.24) is 4.90 Å². The van der Waals surface area contributed by atoms with Crippen LogP contribution in [-0.2, 0) is 14.3 Å². The second-order valence-electron chi connectivity index (χ2n) is 5.75. The fourth-order valence-corrected chi connectivity index (χ4v) is 2.14. The molecule has 1 heterocycles. The Kier molecular flexibility index (Phi) is 5.91. The molecule has 0 N–H and O–H groups in total. The lowest BCUT2D eigenvalue weighted by Crippen LogP contribution is -2.35. The first-order chi connectivity index (χ1) is 8.81. The van der Waals surface area contributed by atoms with Crippen molar-refractivity contribution < 1.29 is 19.1 Å². The molecule has 1 aliphatic rings. The smallest absolute Gasteiger partial charge is 0.410 e. The number of hydrogen-bond acceptors (Lipinski definition) is 4. The zero-order valence-corrected chi connectivity index (χ0v) is 12.5. The van der Waals surface area contributed by atoms with Gasteiger partial charge in [-0.3, -0.25) is 4.79 Å². The van der Waals surface area contributed by atoms with Gasteiger partial charge in [0.05, 0.1) is 0 Å². The van der Waals surface area contributed by atoms with Crippen LogP contribution in [0.4, 0.5) is 4.79 Å². The van der Waals surface area contributed by atoms with E-state index in [0.717, 1.165) is 12.8 Å². The van der Waals surface area contributed by atoms with E-state index in [1.54, 1.807) is 4.90 Å². The lowest BCUT2D eigenvalue weighted by molar-refractivity contribution is -0.141. The van der Waals surface area contributed by atoms with Crippen LogP contribution in [0.5, 0.6) is 0 Å². The third-order valence-electron chi connectivity index (χ3n) is 2.91. The number of carbonyl (C=O) groups excluding carboxylic acids is 2. The van der Waals surface area contributed by atoms with Crippen molar-refractivity contribution in [3.63, 3.8) is 0 Å². The van der Waals surface area contributed by atoms with Crippen molar-refractivity contribution in [2.45, 2.75) is 45.6 Å². The number of nitrogens with zero attached hydrogens (tertiary/aromatic N) is 1. The van der Waals surface area contributed by atoms with Crippen LogP contribution in [0.2, 0.25) is 0 Å². The summed E-state index contributed by atoms with van der Waals surface area (Å²) in [4.78, 5) is 24.7. The van der Waals surface area contributed by atoms with Gasteiger partial charge in [-0.25, -0.2) is 4.79 Å². The number of rotatable bonds is 4. The molecule has 110 valence electrons. The summed E-state index contributed by atoms with van der Waals surface area (Å²) in [5.74, 6) is 0.0427. The summed E-state index contributed by atoms with van der Waals surface area (Å²) < 4.78 is 9.98. The molecule has 0 aliphatic carbocycles. The first-order valence-corrected chi connectivity index (χ1v) is 7.05. The topological polar surface area (TPSA) is 55.8 Å². The van der Waals surface area contributed by atoms with Crippen molar-refractivity contribution in [2.24, 2.45) is 5.92 Å². The highest BCUT2D eigenvalue weighted by Gasteiger charge is 2.29. The molecule has 0 aromatic carbocycles. The predicted molar refractivity (Wildman–Crippen MR) is 72.0 cm³/mol. The van der Waals surface area contributed by atoms with Crippen molar-refractivity contribution in [3.8, 4) is 0 Å². The van der Waals surface area contributed by atoms with Crippen molar-refractivity contribution in [2.75, 3.05) is 19.2 Å². The van der Waals surface area contributed by atoms with Crippen LogP contribution in [0.1, 0.15) is 40.0 Å². The molecular weight excluding hydrogens is 270 g/mol. The Hall–Kier alpha value is -0.970. The molecule has 1 unspecified atom stereocenters. The molecule has 19 heavy (non-hydrogen) atoms. The molecule has 1 fully saturated rings. The van der Waals surface area contributed by atoms with Crippen molar-refractivity contribution >= 4 is 23.7 Å². The Morgan fingerprint density at radius 3 is 2.63 bits per heavy atom. The molecule has 1 aliphatic heterocycles. The van der Waals surface area contributed by atoms with Gasteiger partial charge in [0.2, 0.25) is 0 Å². The molecule has 0 aromatic rings. The van der Waals surface area contributed by atoms with E-state index in [1.807, 2.05) is 20.8 Å². The Balaban J connectivity index is 2.29. The average molecular weight is 292 g/mol. The molecule has 1 saturated heterocycles. The predicted octanol–water partition coefficient (Wildman–Crippen LogP) is 2.76. The monoisotopic (exact) mass is 291 g/mol. The van der Waals surface area contributed by atoms with Gasteiger partial charge in [0.15, 0.2) is 6.07 Å². The van der Waals surface area contributed by atoms with Crippen LogP contribution >= 0.6 is 11.6 Å². The van der Waals surface area contributed by atoms with Gasteiger partial charge in [0.25, 0.3) is 0 Å². The van der Waals surface area contributed by atoms with E-state index in [1.165, 1.54) is 0 Å². The molecular formula is C13H22ClNO4. The van der Waals surface area contributed by atoms with Gasteiger partial charge in [0, 0.05) is 19.5 Å². The van der Waals surface area contributed by atoms with Gasteiger partial charge in [-0.1, -0.05) is 11.6 Å². The lowest BCUT2D eigenvalue weighted by atomic mass is 10.0. The highest BCUT2D eigenvalue weighted by Crippen LogP contribution is 2.23. The molecule has 1 rings (SSSR count). The minimum absolute atomic E-state index is 0.104. The van der Waals surface area contributed by atoms with Gasteiger partial charge in [-0.2, -0.15) is 0 Å². The molecule has 5 nitrogen and oxygen atoms in total. The van der Waals surface area contributed by atoms with E-state index in [-0.39, 0.29) is 18.1 Å². The average Bonchev–Trinajstić information content (AvgIpc) is 2.73. The van der Waals surface area contributed by atoms with Crippen molar-refractivity contribution in [1.29, 1.82) is 0 Å². The molecule has 6 heteroatoms. The zero-order valence-electron chi connectivity index (χ0n) is 11.8. The van der Waals surface area contributed by atoms with Gasteiger partial charge in [-0.15, -0.1) is 0 Å². The maximum absolute atomic E-state index is 11.8. The molecule has 1 atom stereocenters. The highest BCUT2D eigenvalue weighted by atomic mass is 35.5. The summed E-state index contributed by atoms with van der Waals surface area (Å²) in [5.41, 5.74) is -0.473. The molecule has 1 amide bonds. The molecule has 0 aromatic heterocycles. The number of amides is 1. The van der Waals surface area contributed by atoms with Crippen LogP contribution in [0.15, 0.2) is 0 Å². The van der Waals surface area contributed by atoms with E-state index in [2.05, 4.69) is 4.74 Å². The molecule has 0 spiro atoms. The number of alkyl halides is 1. The largest absolute Gasteiger partial charge is 0.449 e. The standard InChI is InChI=1S/C13H22ClNO4/c1-13(2,3)19-12(17)15-7-6-10(8-15)4-5-11(16)18-9-14/h10H,4-9H2,1-3H3. The van der Waals surface area contributed by atoms with E-state index in [4.69, 9.17) is 16.3 Å². The molecule has 0 saturated carbocycles. The van der Waals surface area contributed by atoms with Gasteiger partial charge in [0.1, 0.15) is 5.60 Å². The Labute approximate surface area is 119 Å². The number of esters is 1. The number of hydrogen-bond donors (Lipinski definition) is 0. The second-order valence-corrected chi connectivity index (χ2v) is 5.96. The third kappa shape index (κ3) is 6.14. The third-order valence-corrected chi connectivity index (χ3v) is 3.02. The number of likely N-dealkylation sites (tertiary alicyclic amines) is 1. The van der Waals surface area contributed by atoms with Gasteiger partial charge in [-0.05, 0) is 39.5 Å². The Morgan fingerprint density at radius 2 is 2.05 bits per heavy atom. The summed E-state index contributed by atoms with van der Waals surface area (Å²) in [6, 6.07) is -0.104. The number of ether oxygens (including phenoxy) is 2. The maximum Gasteiger partial charge on any atom is 0.410 e. The normalized spacial score (nSPS) is 19.4. The minimum atomic E-state index is -0.473. The van der Waals surface area contributed by atoms with Crippen LogP contribution in [-0.4, -0.2) is 41.7 Å². The first-order valence-electron chi connectivity index (χ1n) is 6.51. The maximum atomic E-state index is 11.8. The summed E-state index contributed by atoms with van der Waals surface area (Å²) >= 11 is 5.31. The second kappa shape index (κ2) is 6.98. The fraction of sp³-hybridized carbons (Fsp3) is 0.846. The SMILES string of the molecule is CC(C)(C)OC(=O)N1CCC(CCC(=O)OCCl)C1. The molecule has 0 radical (unpaired) electrons. The summed E-state index contributed by atoms with van der Waals surface area (Å²) in [6.45, 7) is 6.87. The van der Waals surface area contributed by atoms with Gasteiger partial charge < -0.3 is 14.4 Å². The summed E-state index contributed by atoms with van der Waals surface area (Å²) in [5, 5.41) is 0. The van der Waals surface area contributed by atoms with Crippen LogP contribution in [0.25, 0.3) is 0 Å². The van der Waals surface area contributed by atoms with E-state index in [0.29, 0.717) is 25.4 Å². The fourth-order valence-electron chi connectivity index (χ4n) is 2.02. The number of halogens is 1. The quantitative estimate of drug-likeness (QED) is 0.590. The van der Waals surface area contributed by atoms with Crippen LogP contribution in [0, 0.1) is 5.92 Å². The highest BCUT2D eigenvalue weighted by molar-refractivity contribution is 6.17. The first kappa shape index (κ1) is 16.1. The Morgan fingerprint density at radius 1 is 1.37 bits per heavy atom. The summed E-state index contributed by atoms with van der Waals surface area (Å²) in [7, 11) is 0. The van der Waals surface area contributed by atoms with Crippen LogP contribution < -0.4 is 0 Å². The summed E-state index contributed by atoms with van der Waals surface area (Å²) in [6.07, 6.45) is 1.68. The van der Waals surface area contributed by atoms with Gasteiger partial charge >= 0.3 is 12.1 Å². The Bertz CT molecular complexity index is 327. The minimum Gasteiger partial charge on any atom is -0.449 e. The molecule has 0 bridgehead atoms. The van der Waals surface area contributed by atoms with Crippen molar-refractivity contribution in [3.05, 3.63) is 0 Å². The van der Waals surface area contributed by atoms with E-state index < -0.39 is 5.60 Å². The zero-order chi connectivity index (χ0) is 14.5. The van der Waals surface area contributed by atoms with Crippen LogP contribution in [0.3, 0.4) is 0 Å². The van der Waals surface area contributed by atoms with E-state index in [9.17, 15) is 9.59 Å².